The van der Waals surface area contributed by atoms with Gasteiger partial charge in [0.15, 0.2) is 0 Å². The number of nitrogens with zero attached hydrogens (tertiary/aromatic N) is 1. The van der Waals surface area contributed by atoms with Crippen molar-refractivity contribution in [2.75, 3.05) is 33.2 Å². The van der Waals surface area contributed by atoms with Crippen molar-refractivity contribution in [2.24, 2.45) is 0 Å². The molecule has 0 saturated heterocycles. The van der Waals surface area contributed by atoms with E-state index in [-0.39, 0.29) is 51.4 Å². The normalized spacial score (nSPS) is 9.93. The van der Waals surface area contributed by atoms with Crippen molar-refractivity contribution in [3.8, 4) is 0 Å². The Labute approximate surface area is 130 Å². The van der Waals surface area contributed by atoms with Crippen LogP contribution in [0.25, 0.3) is 0 Å². The Balaban J connectivity index is 0. The van der Waals surface area contributed by atoms with Gasteiger partial charge in [0.25, 0.3) is 0 Å². The van der Waals surface area contributed by atoms with E-state index in [1.807, 2.05) is 13.3 Å². The van der Waals surface area contributed by atoms with Gasteiger partial charge < -0.3 is 15.0 Å². The molecule has 0 aliphatic heterocycles. The van der Waals surface area contributed by atoms with Crippen LogP contribution in [0.3, 0.4) is 0 Å². The summed E-state index contributed by atoms with van der Waals surface area (Å²) >= 11 is 0. The fourth-order valence-corrected chi connectivity index (χ4v) is 1.22. The van der Waals surface area contributed by atoms with Crippen LogP contribution >= 0.6 is 0 Å². The SMILES string of the molecule is CCCCN(C[C-]=O)CCCNC.[K+]. The molecule has 0 aliphatic rings. The molecule has 0 spiro atoms. The third-order valence-electron chi connectivity index (χ3n) is 2.02. The summed E-state index contributed by atoms with van der Waals surface area (Å²) in [5.41, 5.74) is 0. The van der Waals surface area contributed by atoms with E-state index in [0.29, 0.717) is 6.54 Å². The summed E-state index contributed by atoms with van der Waals surface area (Å²) < 4.78 is 0. The smallest absolute Gasteiger partial charge is 0.541 e. The molecule has 4 heteroatoms. The quantitative estimate of drug-likeness (QED) is 0.274. The van der Waals surface area contributed by atoms with Crippen molar-refractivity contribution < 1.29 is 56.2 Å². The van der Waals surface area contributed by atoms with E-state index >= 15 is 0 Å². The Kier molecular flexibility index (Phi) is 17.9. The van der Waals surface area contributed by atoms with Crippen molar-refractivity contribution >= 4 is 6.29 Å². The average molecular weight is 224 g/mol. The zero-order valence-corrected chi connectivity index (χ0v) is 12.9. The Hall–Kier alpha value is 1.23. The summed E-state index contributed by atoms with van der Waals surface area (Å²) in [5.74, 6) is 0. The van der Waals surface area contributed by atoms with Crippen molar-refractivity contribution in [1.82, 2.24) is 10.2 Å². The second-order valence-corrected chi connectivity index (χ2v) is 3.23. The molecule has 0 heterocycles. The first-order chi connectivity index (χ1) is 6.35. The van der Waals surface area contributed by atoms with Gasteiger partial charge in [0, 0.05) is 0 Å². The maximum atomic E-state index is 10.2. The summed E-state index contributed by atoms with van der Waals surface area (Å²) in [6.07, 6.45) is 5.41. The molecular weight excluding hydrogens is 203 g/mol. The monoisotopic (exact) mass is 224 g/mol. The second kappa shape index (κ2) is 14.2. The van der Waals surface area contributed by atoms with Crippen LogP contribution in [0.1, 0.15) is 26.2 Å². The van der Waals surface area contributed by atoms with Crippen LogP contribution in [0.5, 0.6) is 0 Å². The molecular formula is C10H21KN2O. The maximum Gasteiger partial charge on any atom is 1.00 e. The number of hydrogen-bond donors (Lipinski definition) is 1. The van der Waals surface area contributed by atoms with Crippen LogP contribution in [0.4, 0.5) is 0 Å². The summed E-state index contributed by atoms with van der Waals surface area (Å²) in [6, 6.07) is 0. The third-order valence-corrected chi connectivity index (χ3v) is 2.02. The second-order valence-electron chi connectivity index (χ2n) is 3.23. The number of nitrogens with one attached hydrogen (secondary N) is 1. The van der Waals surface area contributed by atoms with Gasteiger partial charge in [0.2, 0.25) is 0 Å². The first kappa shape index (κ1) is 17.6. The van der Waals surface area contributed by atoms with Gasteiger partial charge in [-0.3, -0.25) is 0 Å². The van der Waals surface area contributed by atoms with Crippen LogP contribution in [0.15, 0.2) is 0 Å². The van der Waals surface area contributed by atoms with Gasteiger partial charge in [-0.1, -0.05) is 19.9 Å². The zero-order valence-electron chi connectivity index (χ0n) is 9.81. The van der Waals surface area contributed by atoms with Crippen molar-refractivity contribution in [3.63, 3.8) is 0 Å². The Morgan fingerprint density at radius 1 is 1.29 bits per heavy atom. The molecule has 0 bridgehead atoms. The van der Waals surface area contributed by atoms with Gasteiger partial charge in [-0.25, -0.2) is 6.29 Å². The molecule has 0 rings (SSSR count). The molecule has 0 aromatic rings. The van der Waals surface area contributed by atoms with Crippen LogP contribution in [-0.4, -0.2) is 44.4 Å². The minimum Gasteiger partial charge on any atom is -0.541 e. The minimum absolute atomic E-state index is 0. The van der Waals surface area contributed by atoms with Gasteiger partial charge in [0.1, 0.15) is 0 Å². The fourth-order valence-electron chi connectivity index (χ4n) is 1.22. The first-order valence-electron chi connectivity index (χ1n) is 5.07. The largest absolute Gasteiger partial charge is 1.00 e. The van der Waals surface area contributed by atoms with Crippen LogP contribution in [-0.2, 0) is 4.79 Å². The molecule has 0 radical (unpaired) electrons. The van der Waals surface area contributed by atoms with Crippen LogP contribution in [0.2, 0.25) is 0 Å². The minimum atomic E-state index is 0. The summed E-state index contributed by atoms with van der Waals surface area (Å²) in [5, 5.41) is 3.10. The van der Waals surface area contributed by atoms with E-state index in [2.05, 4.69) is 17.1 Å². The van der Waals surface area contributed by atoms with E-state index in [1.54, 1.807) is 0 Å². The third kappa shape index (κ3) is 11.3. The average Bonchev–Trinajstić information content (AvgIpc) is 2.14. The molecule has 14 heavy (non-hydrogen) atoms. The summed E-state index contributed by atoms with van der Waals surface area (Å²) in [6.45, 7) is 5.66. The molecule has 0 amide bonds. The van der Waals surface area contributed by atoms with Gasteiger partial charge in [0.05, 0.1) is 0 Å². The van der Waals surface area contributed by atoms with Gasteiger partial charge in [-0.15, -0.1) is 0 Å². The number of rotatable bonds is 9. The Morgan fingerprint density at radius 3 is 2.43 bits per heavy atom. The van der Waals surface area contributed by atoms with Crippen molar-refractivity contribution in [2.45, 2.75) is 26.2 Å². The molecule has 0 aromatic carbocycles. The van der Waals surface area contributed by atoms with Gasteiger partial charge >= 0.3 is 51.4 Å². The van der Waals surface area contributed by atoms with Gasteiger partial charge in [-0.2, -0.15) is 0 Å². The van der Waals surface area contributed by atoms with Crippen LogP contribution < -0.4 is 56.7 Å². The standard InChI is InChI=1S/C10H21N2O.K/c1-3-4-7-12(9-10-13)8-5-6-11-2;/h11H,3-9H2,1-2H3;/q-1;+1. The molecule has 0 fully saturated rings. The summed E-state index contributed by atoms with van der Waals surface area (Å²) in [7, 11) is 1.95. The molecule has 0 saturated carbocycles. The predicted molar refractivity (Wildman–Crippen MR) is 55.6 cm³/mol. The molecule has 0 unspecified atom stereocenters. The van der Waals surface area contributed by atoms with Gasteiger partial charge in [-0.05, 0) is 39.5 Å². The molecule has 78 valence electrons. The van der Waals surface area contributed by atoms with E-state index in [1.165, 1.54) is 12.8 Å². The van der Waals surface area contributed by atoms with Crippen molar-refractivity contribution in [1.29, 1.82) is 0 Å². The Bertz CT molecular complexity index is 123. The summed E-state index contributed by atoms with van der Waals surface area (Å²) in [4.78, 5) is 12.4. The van der Waals surface area contributed by atoms with E-state index in [0.717, 1.165) is 26.1 Å². The van der Waals surface area contributed by atoms with Crippen molar-refractivity contribution in [3.05, 3.63) is 0 Å². The molecule has 3 nitrogen and oxygen atoms in total. The number of hydrogen-bond acceptors (Lipinski definition) is 3. The van der Waals surface area contributed by atoms with E-state index in [4.69, 9.17) is 0 Å². The number of unbranched alkanes of at least 4 members (excludes halogenated alkanes) is 1. The number of carbonyl (C=O) groups excluding carboxylic acids is 1. The molecule has 0 atom stereocenters. The Morgan fingerprint density at radius 2 is 1.93 bits per heavy atom. The van der Waals surface area contributed by atoms with E-state index in [9.17, 15) is 4.79 Å². The zero-order chi connectivity index (χ0) is 9.94. The molecule has 0 aromatic heterocycles. The fraction of sp³-hybridized carbons (Fsp3) is 0.900. The first-order valence-corrected chi connectivity index (χ1v) is 5.07. The van der Waals surface area contributed by atoms with Crippen LogP contribution in [0, 0.1) is 0 Å². The maximum absolute atomic E-state index is 10.2. The predicted octanol–water partition coefficient (Wildman–Crippen LogP) is -2.19. The molecule has 1 N–H and O–H groups in total. The van der Waals surface area contributed by atoms with E-state index < -0.39 is 0 Å². The molecule has 0 aliphatic carbocycles. The topological polar surface area (TPSA) is 32.3 Å².